The molecule has 1 amide bonds. The lowest BCUT2D eigenvalue weighted by Gasteiger charge is -2.36. The van der Waals surface area contributed by atoms with Gasteiger partial charge in [0, 0.05) is 37.2 Å². The molecule has 1 N–H and O–H groups in total. The zero-order chi connectivity index (χ0) is 18.5. The molecule has 4 nitrogen and oxygen atoms in total. The van der Waals surface area contributed by atoms with Gasteiger partial charge in [-0.05, 0) is 36.8 Å². The number of halogens is 2. The molecule has 1 atom stereocenters. The Kier molecular flexibility index (Phi) is 6.41. The molecule has 0 aliphatic carbocycles. The van der Waals surface area contributed by atoms with Crippen LogP contribution >= 0.6 is 23.2 Å². The van der Waals surface area contributed by atoms with E-state index in [9.17, 15) is 4.79 Å². The van der Waals surface area contributed by atoms with Crippen LogP contribution in [0.1, 0.15) is 18.5 Å². The van der Waals surface area contributed by atoms with E-state index in [1.165, 1.54) is 0 Å². The van der Waals surface area contributed by atoms with E-state index in [-0.39, 0.29) is 11.9 Å². The first-order chi connectivity index (χ1) is 12.5. The van der Waals surface area contributed by atoms with Crippen molar-refractivity contribution in [2.45, 2.75) is 13.0 Å². The summed E-state index contributed by atoms with van der Waals surface area (Å²) in [4.78, 5) is 16.6. The summed E-state index contributed by atoms with van der Waals surface area (Å²) in [5.74, 6) is 0.129. The number of hydrogen-bond donors (Lipinski definition) is 1. The molecule has 0 saturated carbocycles. The number of amides is 1. The van der Waals surface area contributed by atoms with Gasteiger partial charge in [0.2, 0.25) is 5.91 Å². The number of hydrogen-bond acceptors (Lipinski definition) is 3. The first-order valence-electron chi connectivity index (χ1n) is 8.80. The van der Waals surface area contributed by atoms with Gasteiger partial charge < -0.3 is 15.1 Å². The number of anilines is 1. The number of nitrogens with one attached hydrogen (secondary N) is 1. The molecule has 6 heteroatoms. The van der Waals surface area contributed by atoms with Crippen LogP contribution in [0.15, 0.2) is 48.5 Å². The summed E-state index contributed by atoms with van der Waals surface area (Å²) in [5, 5.41) is 4.77. The quantitative estimate of drug-likeness (QED) is 0.836. The van der Waals surface area contributed by atoms with Crippen molar-refractivity contribution < 1.29 is 4.79 Å². The van der Waals surface area contributed by atoms with Crippen LogP contribution in [-0.4, -0.2) is 43.5 Å². The minimum Gasteiger partial charge on any atom is -0.367 e. The topological polar surface area (TPSA) is 35.6 Å². The van der Waals surface area contributed by atoms with Crippen LogP contribution in [0.2, 0.25) is 10.0 Å². The average Bonchev–Trinajstić information content (AvgIpc) is 2.67. The molecule has 1 aliphatic rings. The van der Waals surface area contributed by atoms with Gasteiger partial charge in [0.05, 0.1) is 17.3 Å². The minimum absolute atomic E-state index is 0.0978. The fourth-order valence-corrected chi connectivity index (χ4v) is 3.51. The summed E-state index contributed by atoms with van der Waals surface area (Å²) in [6.45, 7) is 5.38. The Morgan fingerprint density at radius 2 is 1.69 bits per heavy atom. The highest BCUT2D eigenvalue weighted by Crippen LogP contribution is 2.26. The maximum absolute atomic E-state index is 12.5. The summed E-state index contributed by atoms with van der Waals surface area (Å²) in [5.41, 5.74) is 2.15. The average molecular weight is 392 g/mol. The smallest absolute Gasteiger partial charge is 0.236 e. The van der Waals surface area contributed by atoms with Gasteiger partial charge in [0.15, 0.2) is 0 Å². The third-order valence-corrected chi connectivity index (χ3v) is 5.33. The highest BCUT2D eigenvalue weighted by Gasteiger charge is 2.22. The monoisotopic (exact) mass is 391 g/mol. The molecule has 1 heterocycles. The Morgan fingerprint density at radius 3 is 2.35 bits per heavy atom. The zero-order valence-corrected chi connectivity index (χ0v) is 16.3. The predicted octanol–water partition coefficient (Wildman–Crippen LogP) is 3.99. The Labute approximate surface area is 164 Å². The number of benzene rings is 2. The Hall–Kier alpha value is -1.75. The molecule has 138 valence electrons. The molecule has 3 rings (SSSR count). The molecule has 26 heavy (non-hydrogen) atoms. The molecule has 1 saturated heterocycles. The molecule has 2 aromatic rings. The SMILES string of the molecule is C[C@H](NCC(=O)N1CCN(c2ccccc2Cl)CC1)c1ccc(Cl)cc1. The Morgan fingerprint density at radius 1 is 1.04 bits per heavy atom. The molecule has 0 unspecified atom stereocenters. The number of rotatable bonds is 5. The van der Waals surface area contributed by atoms with Crippen LogP contribution in [0.5, 0.6) is 0 Å². The number of carbonyl (C=O) groups excluding carboxylic acids is 1. The van der Waals surface area contributed by atoms with Gasteiger partial charge >= 0.3 is 0 Å². The van der Waals surface area contributed by atoms with Crippen molar-refractivity contribution in [2.75, 3.05) is 37.6 Å². The van der Waals surface area contributed by atoms with Crippen molar-refractivity contribution >= 4 is 34.8 Å². The molecule has 2 aromatic carbocycles. The summed E-state index contributed by atoms with van der Waals surface area (Å²) in [6.07, 6.45) is 0. The van der Waals surface area contributed by atoms with Crippen LogP contribution in [-0.2, 0) is 4.79 Å². The van der Waals surface area contributed by atoms with Gasteiger partial charge in [-0.2, -0.15) is 0 Å². The number of para-hydroxylation sites is 1. The zero-order valence-electron chi connectivity index (χ0n) is 14.8. The van der Waals surface area contributed by atoms with Crippen LogP contribution < -0.4 is 10.2 Å². The van der Waals surface area contributed by atoms with Gasteiger partial charge in [0.1, 0.15) is 0 Å². The van der Waals surface area contributed by atoms with Gasteiger partial charge in [-0.15, -0.1) is 0 Å². The third-order valence-electron chi connectivity index (χ3n) is 4.75. The van der Waals surface area contributed by atoms with Crippen LogP contribution in [0, 0.1) is 0 Å². The fourth-order valence-electron chi connectivity index (χ4n) is 3.13. The van der Waals surface area contributed by atoms with E-state index in [2.05, 4.69) is 10.2 Å². The lowest BCUT2D eigenvalue weighted by molar-refractivity contribution is -0.130. The van der Waals surface area contributed by atoms with Crippen LogP contribution in [0.4, 0.5) is 5.69 Å². The number of piperazine rings is 1. The lowest BCUT2D eigenvalue weighted by atomic mass is 10.1. The highest BCUT2D eigenvalue weighted by atomic mass is 35.5. The second-order valence-electron chi connectivity index (χ2n) is 6.47. The normalized spacial score (nSPS) is 15.8. The van der Waals surface area contributed by atoms with E-state index in [0.29, 0.717) is 24.7 Å². The van der Waals surface area contributed by atoms with Crippen molar-refractivity contribution in [3.05, 3.63) is 64.1 Å². The summed E-state index contributed by atoms with van der Waals surface area (Å²) in [6, 6.07) is 15.6. The minimum atomic E-state index is 0.0978. The lowest BCUT2D eigenvalue weighted by Crippen LogP contribution is -2.51. The molecule has 1 aliphatic heterocycles. The van der Waals surface area contributed by atoms with E-state index in [1.54, 1.807) is 0 Å². The fraction of sp³-hybridized carbons (Fsp3) is 0.350. The van der Waals surface area contributed by atoms with E-state index in [0.717, 1.165) is 29.4 Å². The molecule has 0 aromatic heterocycles. The van der Waals surface area contributed by atoms with Gasteiger partial charge in [0.25, 0.3) is 0 Å². The van der Waals surface area contributed by atoms with Crippen LogP contribution in [0.25, 0.3) is 0 Å². The third kappa shape index (κ3) is 4.70. The molecule has 0 radical (unpaired) electrons. The predicted molar refractivity (Wildman–Crippen MR) is 108 cm³/mol. The summed E-state index contributed by atoms with van der Waals surface area (Å²) < 4.78 is 0. The largest absolute Gasteiger partial charge is 0.367 e. The second kappa shape index (κ2) is 8.76. The molecule has 1 fully saturated rings. The van der Waals surface area contributed by atoms with E-state index in [4.69, 9.17) is 23.2 Å². The standard InChI is InChI=1S/C20H23Cl2N3O/c1-15(16-6-8-17(21)9-7-16)23-14-20(26)25-12-10-24(11-13-25)19-5-3-2-4-18(19)22/h2-9,15,23H,10-14H2,1H3/t15-/m0/s1. The van der Waals surface area contributed by atoms with Crippen LogP contribution in [0.3, 0.4) is 0 Å². The van der Waals surface area contributed by atoms with Crippen molar-refractivity contribution in [3.8, 4) is 0 Å². The molecular weight excluding hydrogens is 369 g/mol. The van der Waals surface area contributed by atoms with Crippen molar-refractivity contribution in [1.29, 1.82) is 0 Å². The van der Waals surface area contributed by atoms with E-state index in [1.807, 2.05) is 60.4 Å². The van der Waals surface area contributed by atoms with Crippen molar-refractivity contribution in [1.82, 2.24) is 10.2 Å². The summed E-state index contributed by atoms with van der Waals surface area (Å²) >= 11 is 12.2. The maximum atomic E-state index is 12.5. The van der Waals surface area contributed by atoms with E-state index >= 15 is 0 Å². The van der Waals surface area contributed by atoms with Crippen molar-refractivity contribution in [2.24, 2.45) is 0 Å². The van der Waals surface area contributed by atoms with Crippen molar-refractivity contribution in [3.63, 3.8) is 0 Å². The number of carbonyl (C=O) groups is 1. The number of nitrogens with zero attached hydrogens (tertiary/aromatic N) is 2. The van der Waals surface area contributed by atoms with Gasteiger partial charge in [-0.3, -0.25) is 4.79 Å². The summed E-state index contributed by atoms with van der Waals surface area (Å²) in [7, 11) is 0. The van der Waals surface area contributed by atoms with Gasteiger partial charge in [-0.1, -0.05) is 47.5 Å². The maximum Gasteiger partial charge on any atom is 0.236 e. The first-order valence-corrected chi connectivity index (χ1v) is 9.56. The first kappa shape index (κ1) is 19.0. The second-order valence-corrected chi connectivity index (χ2v) is 7.32. The Bertz CT molecular complexity index is 743. The highest BCUT2D eigenvalue weighted by molar-refractivity contribution is 6.33. The van der Waals surface area contributed by atoms with E-state index < -0.39 is 0 Å². The molecule has 0 spiro atoms. The van der Waals surface area contributed by atoms with Gasteiger partial charge in [-0.25, -0.2) is 0 Å². The molecular formula is C20H23Cl2N3O. The Balaban J connectivity index is 1.48. The molecule has 0 bridgehead atoms.